The van der Waals surface area contributed by atoms with E-state index >= 15 is 0 Å². The molecule has 0 heterocycles. The number of amides is 1. The molecule has 0 saturated heterocycles. The van der Waals surface area contributed by atoms with E-state index in [4.69, 9.17) is 0 Å². The first-order chi connectivity index (χ1) is 8.78. The number of carbonyl (C=O) groups is 1. The van der Waals surface area contributed by atoms with E-state index in [0.29, 0.717) is 18.6 Å². The van der Waals surface area contributed by atoms with E-state index in [9.17, 15) is 4.79 Å². The number of carbonyl (C=O) groups excluding carboxylic acids is 1. The maximum Gasteiger partial charge on any atom is 0.234 e. The highest BCUT2D eigenvalue weighted by Crippen LogP contribution is 2.26. The Bertz CT molecular complexity index is 253. The van der Waals surface area contributed by atoms with Crippen molar-refractivity contribution in [3.05, 3.63) is 0 Å². The second-order valence-corrected chi connectivity index (χ2v) is 6.06. The van der Waals surface area contributed by atoms with Gasteiger partial charge in [0.15, 0.2) is 0 Å². The normalized spacial score (nSPS) is 29.4. The second kappa shape index (κ2) is 7.13. The molecule has 0 aromatic carbocycles. The minimum atomic E-state index is 0.194. The first-order valence-corrected chi connectivity index (χ1v) is 7.80. The van der Waals surface area contributed by atoms with E-state index in [1.165, 1.54) is 57.8 Å². The summed E-state index contributed by atoms with van der Waals surface area (Å²) in [5.74, 6) is 1.12. The van der Waals surface area contributed by atoms with Crippen LogP contribution in [0.25, 0.3) is 0 Å². The van der Waals surface area contributed by atoms with Crippen LogP contribution in [0.4, 0.5) is 0 Å². The summed E-state index contributed by atoms with van der Waals surface area (Å²) in [6, 6.07) is 1.03. The Kier molecular flexibility index (Phi) is 5.48. The molecule has 3 nitrogen and oxygen atoms in total. The lowest BCUT2D eigenvalue weighted by Crippen LogP contribution is -2.43. The molecule has 104 valence electrons. The van der Waals surface area contributed by atoms with Crippen LogP contribution in [0.15, 0.2) is 0 Å². The van der Waals surface area contributed by atoms with Crippen LogP contribution < -0.4 is 10.6 Å². The van der Waals surface area contributed by atoms with Gasteiger partial charge in [-0.25, -0.2) is 0 Å². The molecule has 0 unspecified atom stereocenters. The van der Waals surface area contributed by atoms with Crippen molar-refractivity contribution in [2.24, 2.45) is 5.92 Å². The van der Waals surface area contributed by atoms with Crippen LogP contribution in [-0.4, -0.2) is 24.5 Å². The number of rotatable bonds is 5. The van der Waals surface area contributed by atoms with Crippen molar-refractivity contribution >= 4 is 5.91 Å². The predicted octanol–water partition coefficient (Wildman–Crippen LogP) is 2.60. The molecule has 18 heavy (non-hydrogen) atoms. The van der Waals surface area contributed by atoms with Gasteiger partial charge in [0, 0.05) is 12.1 Å². The Balaban J connectivity index is 1.58. The van der Waals surface area contributed by atoms with Crippen molar-refractivity contribution in [2.45, 2.75) is 76.8 Å². The number of hydrogen-bond acceptors (Lipinski definition) is 2. The van der Waals surface area contributed by atoms with Gasteiger partial charge in [-0.2, -0.15) is 0 Å². The minimum Gasteiger partial charge on any atom is -0.352 e. The first kappa shape index (κ1) is 13.9. The monoisotopic (exact) mass is 252 g/mol. The molecule has 2 rings (SSSR count). The number of nitrogens with one attached hydrogen (secondary N) is 2. The molecule has 2 saturated carbocycles. The minimum absolute atomic E-state index is 0.194. The van der Waals surface area contributed by atoms with Gasteiger partial charge >= 0.3 is 0 Å². The van der Waals surface area contributed by atoms with Gasteiger partial charge in [0.05, 0.1) is 6.54 Å². The third-order valence-corrected chi connectivity index (χ3v) is 4.70. The maximum absolute atomic E-state index is 11.8. The quantitative estimate of drug-likeness (QED) is 0.789. The first-order valence-electron chi connectivity index (χ1n) is 7.80. The molecule has 2 fully saturated rings. The lowest BCUT2D eigenvalue weighted by molar-refractivity contribution is -0.121. The third kappa shape index (κ3) is 4.27. The van der Waals surface area contributed by atoms with Gasteiger partial charge in [-0.15, -0.1) is 0 Å². The second-order valence-electron chi connectivity index (χ2n) is 6.06. The fraction of sp³-hybridized carbons (Fsp3) is 0.933. The summed E-state index contributed by atoms with van der Waals surface area (Å²) in [6.45, 7) is 2.80. The van der Waals surface area contributed by atoms with Gasteiger partial charge in [0.2, 0.25) is 5.91 Å². The molecule has 0 atom stereocenters. The van der Waals surface area contributed by atoms with E-state index in [2.05, 4.69) is 17.6 Å². The molecular weight excluding hydrogens is 224 g/mol. The molecule has 0 radical (unpaired) electrons. The molecule has 0 spiro atoms. The summed E-state index contributed by atoms with van der Waals surface area (Å²) in [4.78, 5) is 11.8. The Morgan fingerprint density at radius 1 is 1.00 bits per heavy atom. The summed E-state index contributed by atoms with van der Waals surface area (Å²) in [5.41, 5.74) is 0. The Labute approximate surface area is 111 Å². The molecule has 1 amide bonds. The molecule has 0 aromatic rings. The lowest BCUT2D eigenvalue weighted by Gasteiger charge is -2.28. The maximum atomic E-state index is 11.8. The highest BCUT2D eigenvalue weighted by molar-refractivity contribution is 5.78. The van der Waals surface area contributed by atoms with E-state index in [0.717, 1.165) is 5.92 Å². The molecule has 0 aromatic heterocycles. The SMILES string of the molecule is CCC1CCC(NCC(=O)NC2CCCC2)CC1. The Morgan fingerprint density at radius 2 is 1.67 bits per heavy atom. The van der Waals surface area contributed by atoms with Crippen molar-refractivity contribution < 1.29 is 4.79 Å². The molecule has 2 N–H and O–H groups in total. The average Bonchev–Trinajstić information content (AvgIpc) is 2.90. The third-order valence-electron chi connectivity index (χ3n) is 4.70. The van der Waals surface area contributed by atoms with E-state index in [-0.39, 0.29) is 5.91 Å². The smallest absolute Gasteiger partial charge is 0.234 e. The topological polar surface area (TPSA) is 41.1 Å². The standard InChI is InChI=1S/C15H28N2O/c1-2-12-7-9-13(10-8-12)16-11-15(18)17-14-5-3-4-6-14/h12-14,16H,2-11H2,1H3,(H,17,18). The zero-order valence-electron chi connectivity index (χ0n) is 11.7. The zero-order valence-corrected chi connectivity index (χ0v) is 11.7. The van der Waals surface area contributed by atoms with Gasteiger partial charge in [-0.3, -0.25) is 4.79 Å². The van der Waals surface area contributed by atoms with Crippen molar-refractivity contribution in [1.82, 2.24) is 10.6 Å². The highest BCUT2D eigenvalue weighted by Gasteiger charge is 2.21. The average molecular weight is 252 g/mol. The van der Waals surface area contributed by atoms with Crippen molar-refractivity contribution in [3.8, 4) is 0 Å². The van der Waals surface area contributed by atoms with Crippen LogP contribution in [0, 0.1) is 5.92 Å². The van der Waals surface area contributed by atoms with Crippen LogP contribution in [0.1, 0.15) is 64.7 Å². The Hall–Kier alpha value is -0.570. The molecule has 0 bridgehead atoms. The summed E-state index contributed by atoms with van der Waals surface area (Å²) >= 11 is 0. The van der Waals surface area contributed by atoms with Crippen molar-refractivity contribution in [1.29, 1.82) is 0 Å². The van der Waals surface area contributed by atoms with Crippen LogP contribution in [0.5, 0.6) is 0 Å². The van der Waals surface area contributed by atoms with Gasteiger partial charge in [-0.1, -0.05) is 26.2 Å². The van der Waals surface area contributed by atoms with Crippen LogP contribution in [0.3, 0.4) is 0 Å². The van der Waals surface area contributed by atoms with Crippen molar-refractivity contribution in [3.63, 3.8) is 0 Å². The van der Waals surface area contributed by atoms with Gasteiger partial charge in [0.1, 0.15) is 0 Å². The Morgan fingerprint density at radius 3 is 2.28 bits per heavy atom. The molecule has 2 aliphatic carbocycles. The lowest BCUT2D eigenvalue weighted by atomic mass is 9.84. The summed E-state index contributed by atoms with van der Waals surface area (Å²) < 4.78 is 0. The zero-order chi connectivity index (χ0) is 12.8. The predicted molar refractivity (Wildman–Crippen MR) is 74.4 cm³/mol. The number of hydrogen-bond donors (Lipinski definition) is 2. The van der Waals surface area contributed by atoms with E-state index < -0.39 is 0 Å². The largest absolute Gasteiger partial charge is 0.352 e. The summed E-state index contributed by atoms with van der Waals surface area (Å²) in [5, 5.41) is 6.56. The van der Waals surface area contributed by atoms with Gasteiger partial charge in [-0.05, 0) is 44.4 Å². The highest BCUT2D eigenvalue weighted by atomic mass is 16.1. The van der Waals surface area contributed by atoms with Crippen LogP contribution >= 0.6 is 0 Å². The molecule has 3 heteroatoms. The van der Waals surface area contributed by atoms with Crippen LogP contribution in [-0.2, 0) is 4.79 Å². The fourth-order valence-corrected chi connectivity index (χ4v) is 3.36. The molecule has 0 aliphatic heterocycles. The van der Waals surface area contributed by atoms with E-state index in [1.54, 1.807) is 0 Å². The molecule has 2 aliphatic rings. The fourth-order valence-electron chi connectivity index (χ4n) is 3.36. The van der Waals surface area contributed by atoms with Crippen molar-refractivity contribution in [2.75, 3.05) is 6.54 Å². The summed E-state index contributed by atoms with van der Waals surface area (Å²) in [7, 11) is 0. The van der Waals surface area contributed by atoms with Gasteiger partial charge < -0.3 is 10.6 Å². The van der Waals surface area contributed by atoms with Crippen LogP contribution in [0.2, 0.25) is 0 Å². The molecular formula is C15H28N2O. The van der Waals surface area contributed by atoms with E-state index in [1.807, 2.05) is 0 Å². The van der Waals surface area contributed by atoms with Gasteiger partial charge in [0.25, 0.3) is 0 Å². The summed E-state index contributed by atoms with van der Waals surface area (Å²) in [6.07, 6.45) is 11.4.